The fraction of sp³-hybridized carbons (Fsp3) is 1.00. The van der Waals surface area contributed by atoms with Crippen molar-refractivity contribution in [1.82, 2.24) is 5.32 Å². The second-order valence-electron chi connectivity index (χ2n) is 5.22. The van der Waals surface area contributed by atoms with Crippen molar-refractivity contribution in [2.24, 2.45) is 5.41 Å². The molecule has 0 aromatic carbocycles. The first-order valence-electron chi connectivity index (χ1n) is 6.05. The molecule has 1 heterocycles. The zero-order valence-corrected chi connectivity index (χ0v) is 8.94. The van der Waals surface area contributed by atoms with Crippen molar-refractivity contribution < 1.29 is 0 Å². The van der Waals surface area contributed by atoms with E-state index in [1.807, 2.05) is 0 Å². The summed E-state index contributed by atoms with van der Waals surface area (Å²) in [5.41, 5.74) is 0.643. The molecule has 2 fully saturated rings. The maximum Gasteiger partial charge on any atom is 0.0121 e. The smallest absolute Gasteiger partial charge is 0.0121 e. The molecule has 2 aliphatic rings. The summed E-state index contributed by atoms with van der Waals surface area (Å²) >= 11 is 0. The van der Waals surface area contributed by atoms with Gasteiger partial charge in [0.2, 0.25) is 0 Å². The lowest BCUT2D eigenvalue weighted by molar-refractivity contribution is 0.216. The minimum absolute atomic E-state index is 0.643. The van der Waals surface area contributed by atoms with Crippen LogP contribution in [0, 0.1) is 5.41 Å². The predicted octanol–water partition coefficient (Wildman–Crippen LogP) is 3.10. The van der Waals surface area contributed by atoms with Gasteiger partial charge in [0.25, 0.3) is 0 Å². The number of nitrogens with one attached hydrogen (secondary N) is 1. The molecule has 2 rings (SSSR count). The topological polar surface area (TPSA) is 12.0 Å². The molecule has 0 spiro atoms. The summed E-state index contributed by atoms with van der Waals surface area (Å²) in [5.74, 6) is 0. The third-order valence-corrected chi connectivity index (χ3v) is 4.15. The van der Waals surface area contributed by atoms with E-state index in [4.69, 9.17) is 0 Å². The summed E-state index contributed by atoms with van der Waals surface area (Å²) < 4.78 is 0. The van der Waals surface area contributed by atoms with Crippen molar-refractivity contribution >= 4 is 0 Å². The molecule has 1 saturated heterocycles. The van der Waals surface area contributed by atoms with E-state index >= 15 is 0 Å². The second kappa shape index (κ2) is 4.00. The van der Waals surface area contributed by atoms with Crippen molar-refractivity contribution in [3.8, 4) is 0 Å². The van der Waals surface area contributed by atoms with Crippen LogP contribution in [-0.4, -0.2) is 12.6 Å². The Kier molecular flexibility index (Phi) is 2.92. The van der Waals surface area contributed by atoms with Gasteiger partial charge in [0.1, 0.15) is 0 Å². The van der Waals surface area contributed by atoms with Crippen LogP contribution in [0.25, 0.3) is 0 Å². The molecular formula is C12H23N. The van der Waals surface area contributed by atoms with Gasteiger partial charge in [-0.15, -0.1) is 0 Å². The first-order valence-corrected chi connectivity index (χ1v) is 6.05. The van der Waals surface area contributed by atoms with Crippen LogP contribution < -0.4 is 5.32 Å². The molecule has 0 amide bonds. The van der Waals surface area contributed by atoms with Crippen molar-refractivity contribution in [2.45, 2.75) is 64.3 Å². The van der Waals surface area contributed by atoms with Crippen LogP contribution in [0.5, 0.6) is 0 Å². The van der Waals surface area contributed by atoms with Crippen LogP contribution in [0.3, 0.4) is 0 Å². The molecule has 1 atom stereocenters. The van der Waals surface area contributed by atoms with Crippen LogP contribution >= 0.6 is 0 Å². The monoisotopic (exact) mass is 181 g/mol. The lowest BCUT2D eigenvalue weighted by Crippen LogP contribution is -2.41. The van der Waals surface area contributed by atoms with Crippen LogP contribution in [0.1, 0.15) is 58.3 Å². The Morgan fingerprint density at radius 2 is 1.77 bits per heavy atom. The highest BCUT2D eigenvalue weighted by Gasteiger charge is 2.36. The maximum atomic E-state index is 3.76. The van der Waals surface area contributed by atoms with Crippen molar-refractivity contribution in [3.05, 3.63) is 0 Å². The molecule has 1 saturated carbocycles. The Hall–Kier alpha value is -0.0400. The normalized spacial score (nSPS) is 34.4. The lowest BCUT2D eigenvalue weighted by atomic mass is 9.79. The summed E-state index contributed by atoms with van der Waals surface area (Å²) in [6.45, 7) is 3.77. The highest BCUT2D eigenvalue weighted by Crippen LogP contribution is 2.42. The van der Waals surface area contributed by atoms with Gasteiger partial charge in [0, 0.05) is 6.04 Å². The van der Waals surface area contributed by atoms with Crippen molar-refractivity contribution in [3.63, 3.8) is 0 Å². The molecule has 76 valence electrons. The molecule has 0 bridgehead atoms. The van der Waals surface area contributed by atoms with Gasteiger partial charge >= 0.3 is 0 Å². The van der Waals surface area contributed by atoms with Crippen LogP contribution in [-0.2, 0) is 0 Å². The Morgan fingerprint density at radius 3 is 2.54 bits per heavy atom. The van der Waals surface area contributed by atoms with Crippen LogP contribution in [0.4, 0.5) is 0 Å². The Labute approximate surface area is 82.3 Å². The fourth-order valence-electron chi connectivity index (χ4n) is 3.15. The van der Waals surface area contributed by atoms with Gasteiger partial charge in [-0.05, 0) is 37.6 Å². The summed E-state index contributed by atoms with van der Waals surface area (Å²) in [4.78, 5) is 0. The average Bonchev–Trinajstić information content (AvgIpc) is 2.44. The molecule has 1 nitrogen and oxygen atoms in total. The molecule has 0 aromatic heterocycles. The zero-order valence-electron chi connectivity index (χ0n) is 8.94. The van der Waals surface area contributed by atoms with E-state index in [1.165, 1.54) is 57.9 Å². The van der Waals surface area contributed by atoms with Gasteiger partial charge in [-0.25, -0.2) is 0 Å². The summed E-state index contributed by atoms with van der Waals surface area (Å²) in [5, 5.41) is 3.76. The largest absolute Gasteiger partial charge is 0.313 e. The number of hydrogen-bond acceptors (Lipinski definition) is 1. The predicted molar refractivity (Wildman–Crippen MR) is 56.8 cm³/mol. The average molecular weight is 181 g/mol. The van der Waals surface area contributed by atoms with Crippen LogP contribution in [0.15, 0.2) is 0 Å². The molecule has 1 heteroatoms. The molecule has 1 unspecified atom stereocenters. The number of rotatable bonds is 1. The van der Waals surface area contributed by atoms with Gasteiger partial charge < -0.3 is 5.32 Å². The summed E-state index contributed by atoms with van der Waals surface area (Å²) in [6, 6.07) is 0.831. The van der Waals surface area contributed by atoms with E-state index in [0.717, 1.165) is 6.04 Å². The minimum atomic E-state index is 0.643. The van der Waals surface area contributed by atoms with E-state index < -0.39 is 0 Å². The second-order valence-corrected chi connectivity index (χ2v) is 5.22. The Bertz CT molecular complexity index is 151. The van der Waals surface area contributed by atoms with E-state index in [0.29, 0.717) is 5.41 Å². The Morgan fingerprint density at radius 1 is 1.00 bits per heavy atom. The SMILES string of the molecule is CC1(C2CCCCCN2)CCCC1. The first-order chi connectivity index (χ1) is 6.31. The standard InChI is InChI=1S/C12H23N/c1-12(8-4-5-9-12)11-7-3-2-6-10-13-11/h11,13H,2-10H2,1H3. The lowest BCUT2D eigenvalue weighted by Gasteiger charge is -2.34. The van der Waals surface area contributed by atoms with E-state index in [9.17, 15) is 0 Å². The summed E-state index contributed by atoms with van der Waals surface area (Å²) in [7, 11) is 0. The molecule has 1 N–H and O–H groups in total. The highest BCUT2D eigenvalue weighted by atomic mass is 14.9. The van der Waals surface area contributed by atoms with E-state index in [1.54, 1.807) is 0 Å². The highest BCUT2D eigenvalue weighted by molar-refractivity contribution is 4.92. The molecule has 13 heavy (non-hydrogen) atoms. The molecule has 1 aliphatic carbocycles. The quantitative estimate of drug-likeness (QED) is 0.655. The zero-order chi connectivity index (χ0) is 9.15. The molecule has 1 aliphatic heterocycles. The van der Waals surface area contributed by atoms with Gasteiger partial charge in [-0.1, -0.05) is 32.6 Å². The third-order valence-electron chi connectivity index (χ3n) is 4.15. The maximum absolute atomic E-state index is 3.76. The van der Waals surface area contributed by atoms with E-state index in [-0.39, 0.29) is 0 Å². The van der Waals surface area contributed by atoms with Crippen molar-refractivity contribution in [1.29, 1.82) is 0 Å². The van der Waals surface area contributed by atoms with E-state index in [2.05, 4.69) is 12.2 Å². The van der Waals surface area contributed by atoms with Gasteiger partial charge in [-0.3, -0.25) is 0 Å². The van der Waals surface area contributed by atoms with Gasteiger partial charge in [0.05, 0.1) is 0 Å². The third kappa shape index (κ3) is 2.07. The summed E-state index contributed by atoms with van der Waals surface area (Å²) in [6.07, 6.45) is 11.6. The Balaban J connectivity index is 1.96. The fourth-order valence-corrected chi connectivity index (χ4v) is 3.15. The van der Waals surface area contributed by atoms with Gasteiger partial charge in [0.15, 0.2) is 0 Å². The number of hydrogen-bond donors (Lipinski definition) is 1. The van der Waals surface area contributed by atoms with Crippen LogP contribution in [0.2, 0.25) is 0 Å². The molecular weight excluding hydrogens is 158 g/mol. The minimum Gasteiger partial charge on any atom is -0.313 e. The van der Waals surface area contributed by atoms with Crippen molar-refractivity contribution in [2.75, 3.05) is 6.54 Å². The molecule has 0 radical (unpaired) electrons. The van der Waals surface area contributed by atoms with Gasteiger partial charge in [-0.2, -0.15) is 0 Å². The first kappa shape index (κ1) is 9.51. The molecule has 0 aromatic rings.